The quantitative estimate of drug-likeness (QED) is 0.598. The summed E-state index contributed by atoms with van der Waals surface area (Å²) in [5, 5.41) is 5.77. The lowest BCUT2D eigenvalue weighted by molar-refractivity contribution is -0.134. The molecule has 9 heteroatoms. The maximum absolute atomic E-state index is 14.5. The Hall–Kier alpha value is -3.88. The van der Waals surface area contributed by atoms with Crippen molar-refractivity contribution in [3.63, 3.8) is 0 Å². The van der Waals surface area contributed by atoms with E-state index in [0.717, 1.165) is 11.6 Å². The lowest BCUT2D eigenvalue weighted by atomic mass is 9.93. The summed E-state index contributed by atoms with van der Waals surface area (Å²) in [4.78, 5) is 44.9. The van der Waals surface area contributed by atoms with Crippen LogP contribution >= 0.6 is 0 Å². The maximum Gasteiger partial charge on any atom is 0.251 e. The van der Waals surface area contributed by atoms with Crippen molar-refractivity contribution in [1.82, 2.24) is 15.5 Å². The molecule has 0 bridgehead atoms. The van der Waals surface area contributed by atoms with Gasteiger partial charge in [-0.1, -0.05) is 49.4 Å². The molecule has 3 amide bonds. The molecule has 0 aliphatic carbocycles. The number of aliphatic imine (C=N–C) groups is 1. The first kappa shape index (κ1) is 28.1. The Morgan fingerprint density at radius 3 is 2.82 bits per heavy atom. The lowest BCUT2D eigenvalue weighted by Crippen LogP contribution is -2.46. The van der Waals surface area contributed by atoms with Crippen LogP contribution in [0.15, 0.2) is 70.5 Å². The highest BCUT2D eigenvalue weighted by Crippen LogP contribution is 2.29. The van der Waals surface area contributed by atoms with Crippen LogP contribution in [0.25, 0.3) is 0 Å². The molecule has 3 aliphatic rings. The Bertz CT molecular complexity index is 1280. The SMILES string of the molecule is CC1C=CC(C(=O)NC2CCC(c3cccc(F)c3F)CN(C)C2=O)=CCCC2=C(N=CCC=C2)NC(=O)C1. The largest absolute Gasteiger partial charge is 0.343 e. The van der Waals surface area contributed by atoms with E-state index < -0.39 is 23.6 Å². The maximum atomic E-state index is 14.5. The second-order valence-electron chi connectivity index (χ2n) is 10.3. The van der Waals surface area contributed by atoms with Crippen LogP contribution in [0.5, 0.6) is 0 Å². The highest BCUT2D eigenvalue weighted by atomic mass is 19.2. The number of allylic oxidation sites excluding steroid dienone is 5. The first-order chi connectivity index (χ1) is 18.7. The normalized spacial score (nSPS) is 24.6. The third-order valence-corrected chi connectivity index (χ3v) is 7.19. The Kier molecular flexibility index (Phi) is 9.22. The number of nitrogens with zero attached hydrogens (tertiary/aromatic N) is 2. The van der Waals surface area contributed by atoms with Crippen LogP contribution < -0.4 is 10.6 Å². The van der Waals surface area contributed by atoms with Crippen molar-refractivity contribution >= 4 is 23.9 Å². The Labute approximate surface area is 227 Å². The van der Waals surface area contributed by atoms with Crippen LogP contribution in [0.4, 0.5) is 8.78 Å². The standard InChI is InChI=1S/C30H34F2N4O3/c1-19-12-13-21(9-5-8-20-7-3-4-16-33-28(20)35-26(37)17-19)29(38)34-25-15-14-22(18-36(2)30(25)39)23-10-6-11-24(31)27(23)32/h3,6-7,9-13,16,19,22,25H,4-5,8,14-15,17-18H2,1-2H3,(H,34,38)(H,35,37). The number of likely N-dealkylation sites (N-methyl/N-ethyl adjacent to an activating group) is 1. The van der Waals surface area contributed by atoms with E-state index in [1.807, 2.05) is 31.2 Å². The first-order valence-electron chi connectivity index (χ1n) is 13.3. The van der Waals surface area contributed by atoms with E-state index in [9.17, 15) is 23.2 Å². The van der Waals surface area contributed by atoms with Gasteiger partial charge in [-0.25, -0.2) is 13.8 Å². The molecule has 0 aromatic heterocycles. The van der Waals surface area contributed by atoms with Crippen LogP contribution in [0.3, 0.4) is 0 Å². The number of halogens is 2. The number of carbonyl (C=O) groups excluding carboxylic acids is 3. The fourth-order valence-electron chi connectivity index (χ4n) is 5.06. The molecule has 206 valence electrons. The minimum Gasteiger partial charge on any atom is -0.343 e. The van der Waals surface area contributed by atoms with Gasteiger partial charge < -0.3 is 15.5 Å². The van der Waals surface area contributed by atoms with Gasteiger partial charge >= 0.3 is 0 Å². The summed E-state index contributed by atoms with van der Waals surface area (Å²) in [6.45, 7) is 2.11. The molecular formula is C30H34F2N4O3. The van der Waals surface area contributed by atoms with Gasteiger partial charge in [-0.05, 0) is 48.8 Å². The van der Waals surface area contributed by atoms with E-state index in [0.29, 0.717) is 43.5 Å². The molecule has 3 aliphatic heterocycles. The number of carbonyl (C=O) groups is 3. The van der Waals surface area contributed by atoms with Crippen molar-refractivity contribution < 1.29 is 23.2 Å². The van der Waals surface area contributed by atoms with Crippen molar-refractivity contribution in [3.8, 4) is 0 Å². The molecule has 7 nitrogen and oxygen atoms in total. The zero-order valence-corrected chi connectivity index (χ0v) is 22.3. The Balaban J connectivity index is 1.51. The van der Waals surface area contributed by atoms with Crippen molar-refractivity contribution in [2.24, 2.45) is 10.9 Å². The zero-order chi connectivity index (χ0) is 27.9. The average Bonchev–Trinajstić information content (AvgIpc) is 3.19. The number of likely N-dealkylation sites (tertiary alicyclic amines) is 1. The summed E-state index contributed by atoms with van der Waals surface area (Å²) >= 11 is 0. The molecule has 3 unspecified atom stereocenters. The third kappa shape index (κ3) is 7.16. The summed E-state index contributed by atoms with van der Waals surface area (Å²) in [6.07, 6.45) is 13.7. The highest BCUT2D eigenvalue weighted by molar-refractivity contribution is 5.99. The second kappa shape index (κ2) is 12.8. The predicted octanol–water partition coefficient (Wildman–Crippen LogP) is 4.45. The zero-order valence-electron chi connectivity index (χ0n) is 22.3. The number of nitrogens with one attached hydrogen (secondary N) is 2. The molecule has 3 heterocycles. The van der Waals surface area contributed by atoms with E-state index in [4.69, 9.17) is 0 Å². The van der Waals surface area contributed by atoms with Crippen LogP contribution in [-0.4, -0.2) is 48.5 Å². The monoisotopic (exact) mass is 536 g/mol. The molecule has 1 fully saturated rings. The van der Waals surface area contributed by atoms with Crippen LogP contribution in [0, 0.1) is 17.6 Å². The van der Waals surface area contributed by atoms with Crippen LogP contribution in [0.2, 0.25) is 0 Å². The van der Waals surface area contributed by atoms with E-state index >= 15 is 0 Å². The molecule has 4 rings (SSSR count). The van der Waals surface area contributed by atoms with Gasteiger partial charge in [0.25, 0.3) is 5.91 Å². The van der Waals surface area contributed by atoms with Gasteiger partial charge in [0.2, 0.25) is 11.8 Å². The molecule has 39 heavy (non-hydrogen) atoms. The molecule has 3 atom stereocenters. The minimum atomic E-state index is -0.919. The molecule has 1 saturated heterocycles. The number of hydrogen-bond donors (Lipinski definition) is 2. The number of hydrogen-bond acceptors (Lipinski definition) is 4. The van der Waals surface area contributed by atoms with Gasteiger partial charge in [0.05, 0.1) is 0 Å². The van der Waals surface area contributed by atoms with E-state index in [2.05, 4.69) is 15.6 Å². The van der Waals surface area contributed by atoms with Crippen molar-refractivity contribution in [2.45, 2.75) is 57.4 Å². The first-order valence-corrected chi connectivity index (χ1v) is 13.3. The summed E-state index contributed by atoms with van der Waals surface area (Å²) in [7, 11) is 1.60. The summed E-state index contributed by atoms with van der Waals surface area (Å²) < 4.78 is 28.3. The second-order valence-corrected chi connectivity index (χ2v) is 10.3. The van der Waals surface area contributed by atoms with E-state index in [-0.39, 0.29) is 42.2 Å². The number of benzene rings is 1. The summed E-state index contributed by atoms with van der Waals surface area (Å²) in [5.74, 6) is -2.64. The van der Waals surface area contributed by atoms with E-state index in [1.165, 1.54) is 17.0 Å². The van der Waals surface area contributed by atoms with Gasteiger partial charge in [0.1, 0.15) is 11.9 Å². The van der Waals surface area contributed by atoms with Crippen LogP contribution in [0.1, 0.15) is 56.9 Å². The summed E-state index contributed by atoms with van der Waals surface area (Å²) in [5.41, 5.74) is 1.51. The molecule has 1 aromatic rings. The van der Waals surface area contributed by atoms with Gasteiger partial charge in [-0.3, -0.25) is 14.4 Å². The smallest absolute Gasteiger partial charge is 0.251 e. The molecule has 0 saturated carbocycles. The molecule has 0 spiro atoms. The molecular weight excluding hydrogens is 502 g/mol. The Morgan fingerprint density at radius 2 is 2.00 bits per heavy atom. The molecule has 1 aromatic carbocycles. The number of amides is 3. The fraction of sp³-hybridized carbons (Fsp3) is 0.400. The van der Waals surface area contributed by atoms with Crippen LogP contribution in [-0.2, 0) is 14.4 Å². The molecule has 2 N–H and O–H groups in total. The predicted molar refractivity (Wildman–Crippen MR) is 146 cm³/mol. The Morgan fingerprint density at radius 1 is 1.18 bits per heavy atom. The fourth-order valence-corrected chi connectivity index (χ4v) is 5.06. The topological polar surface area (TPSA) is 90.9 Å². The number of rotatable bonds is 3. The van der Waals surface area contributed by atoms with Crippen molar-refractivity contribution in [3.05, 3.63) is 82.7 Å². The summed E-state index contributed by atoms with van der Waals surface area (Å²) in [6, 6.07) is 3.28. The van der Waals surface area contributed by atoms with Crippen molar-refractivity contribution in [2.75, 3.05) is 13.6 Å². The van der Waals surface area contributed by atoms with Gasteiger partial charge in [0.15, 0.2) is 11.6 Å². The lowest BCUT2D eigenvalue weighted by Gasteiger charge is -2.23. The van der Waals surface area contributed by atoms with E-state index in [1.54, 1.807) is 19.3 Å². The third-order valence-electron chi connectivity index (χ3n) is 7.19. The minimum absolute atomic E-state index is 0.137. The average molecular weight is 537 g/mol. The van der Waals surface area contributed by atoms with Crippen molar-refractivity contribution in [1.29, 1.82) is 0 Å². The molecule has 0 radical (unpaired) electrons. The van der Waals surface area contributed by atoms with Gasteiger partial charge in [-0.2, -0.15) is 0 Å². The highest BCUT2D eigenvalue weighted by Gasteiger charge is 2.32. The van der Waals surface area contributed by atoms with Gasteiger partial charge in [0, 0.05) is 44.1 Å². The van der Waals surface area contributed by atoms with Gasteiger partial charge in [-0.15, -0.1) is 0 Å².